The normalized spacial score (nSPS) is 23.5. The average molecular weight is 452 g/mol. The minimum atomic E-state index is -0.250. The average Bonchev–Trinajstić information content (AvgIpc) is 3.25. The van der Waals surface area contributed by atoms with Crippen LogP contribution in [-0.4, -0.2) is 83.3 Å². The molecule has 3 rings (SSSR count). The Morgan fingerprint density at radius 3 is 2.66 bits per heavy atom. The highest BCUT2D eigenvalue weighted by molar-refractivity contribution is 5.82. The van der Waals surface area contributed by atoms with E-state index < -0.39 is 0 Å². The van der Waals surface area contributed by atoms with Crippen LogP contribution in [0.2, 0.25) is 0 Å². The zero-order valence-corrected chi connectivity index (χ0v) is 19.2. The number of nitrogens with one attached hydrogen (secondary N) is 2. The number of nitrogens with zero attached hydrogens (tertiary/aromatic N) is 3. The number of morpholine rings is 1. The van der Waals surface area contributed by atoms with Crippen LogP contribution in [0.1, 0.15) is 44.9 Å². The molecule has 1 saturated carbocycles. The van der Waals surface area contributed by atoms with Gasteiger partial charge in [0.2, 0.25) is 11.8 Å². The fourth-order valence-electron chi connectivity index (χ4n) is 4.22. The molecule has 1 aromatic heterocycles. The Kier molecular flexibility index (Phi) is 11.2. The molecule has 2 fully saturated rings. The van der Waals surface area contributed by atoms with Crippen molar-refractivity contribution in [1.29, 1.82) is 0 Å². The molecule has 3 N–H and O–H groups in total. The van der Waals surface area contributed by atoms with Gasteiger partial charge in [-0.1, -0.05) is 6.92 Å². The number of imidazole rings is 1. The molecule has 0 unspecified atom stereocenters. The molecule has 0 spiro atoms. The maximum Gasteiger partial charge on any atom is 0.290 e. The predicted molar refractivity (Wildman–Crippen MR) is 119 cm³/mol. The highest BCUT2D eigenvalue weighted by atomic mass is 16.5. The van der Waals surface area contributed by atoms with Gasteiger partial charge in [0.25, 0.3) is 6.47 Å². The standard InChI is InChI=1S/C21H35N5O3.CH2O2/c1-3-19-22-10-12-26(19)11-4-9-23-20(27)16-5-7-17(8-6-16)24-21(28)18-15-29-14-13-25(18)2;2-1-3/h10,12,16-18H,3-9,11,13-15H2,1-2H3,(H,23,27)(H,24,28);1H,(H,2,3)/t16?,17?,18-;/m0./s1. The summed E-state index contributed by atoms with van der Waals surface area (Å²) in [6.07, 6.45) is 9.01. The van der Waals surface area contributed by atoms with E-state index in [1.54, 1.807) is 0 Å². The van der Waals surface area contributed by atoms with Gasteiger partial charge in [-0.25, -0.2) is 4.98 Å². The topological polar surface area (TPSA) is 126 Å². The van der Waals surface area contributed by atoms with E-state index in [-0.39, 0.29) is 36.3 Å². The molecule has 1 aromatic rings. The molecular weight excluding hydrogens is 414 g/mol. The van der Waals surface area contributed by atoms with Gasteiger partial charge in [-0.05, 0) is 39.2 Å². The van der Waals surface area contributed by atoms with Crippen LogP contribution in [0.5, 0.6) is 0 Å². The van der Waals surface area contributed by atoms with Crippen molar-refractivity contribution in [2.45, 2.75) is 64.1 Å². The fraction of sp³-hybridized carbons (Fsp3) is 0.727. The number of amides is 2. The monoisotopic (exact) mass is 451 g/mol. The van der Waals surface area contributed by atoms with E-state index in [9.17, 15) is 9.59 Å². The lowest BCUT2D eigenvalue weighted by atomic mass is 9.85. The summed E-state index contributed by atoms with van der Waals surface area (Å²) in [5.41, 5.74) is 0. The Hall–Kier alpha value is -2.46. The number of rotatable bonds is 8. The van der Waals surface area contributed by atoms with E-state index in [0.29, 0.717) is 19.8 Å². The summed E-state index contributed by atoms with van der Waals surface area (Å²) in [5.74, 6) is 1.34. The Bertz CT molecular complexity index is 717. The molecule has 32 heavy (non-hydrogen) atoms. The molecule has 1 aliphatic carbocycles. The van der Waals surface area contributed by atoms with Gasteiger partial charge in [-0.2, -0.15) is 0 Å². The molecule has 10 heteroatoms. The first-order valence-electron chi connectivity index (χ1n) is 11.4. The summed E-state index contributed by atoms with van der Waals surface area (Å²) >= 11 is 0. The largest absolute Gasteiger partial charge is 0.483 e. The van der Waals surface area contributed by atoms with E-state index in [1.807, 2.05) is 24.3 Å². The number of aryl methyl sites for hydroxylation is 2. The lowest BCUT2D eigenvalue weighted by Crippen LogP contribution is -2.54. The Balaban J connectivity index is 0.00000114. The minimum absolute atomic E-state index is 0.0473. The van der Waals surface area contributed by atoms with Gasteiger partial charge >= 0.3 is 0 Å². The summed E-state index contributed by atoms with van der Waals surface area (Å²) in [4.78, 5) is 39.7. The van der Waals surface area contributed by atoms with Gasteiger partial charge in [-0.15, -0.1) is 0 Å². The van der Waals surface area contributed by atoms with Gasteiger partial charge in [0.1, 0.15) is 11.9 Å². The lowest BCUT2D eigenvalue weighted by Gasteiger charge is -2.34. The summed E-state index contributed by atoms with van der Waals surface area (Å²) in [5, 5.41) is 13.1. The summed E-state index contributed by atoms with van der Waals surface area (Å²) in [6.45, 7) is 5.33. The van der Waals surface area contributed by atoms with Crippen LogP contribution in [0.15, 0.2) is 12.4 Å². The van der Waals surface area contributed by atoms with Crippen molar-refractivity contribution < 1.29 is 24.2 Å². The molecule has 180 valence electrons. The molecule has 0 radical (unpaired) electrons. The predicted octanol–water partition coefficient (Wildman–Crippen LogP) is 0.658. The maximum absolute atomic E-state index is 12.5. The first-order valence-corrected chi connectivity index (χ1v) is 11.4. The molecular formula is C22H37N5O5. The van der Waals surface area contributed by atoms with Crippen LogP contribution in [0, 0.1) is 5.92 Å². The van der Waals surface area contributed by atoms with Crippen molar-refractivity contribution in [3.8, 4) is 0 Å². The van der Waals surface area contributed by atoms with E-state index in [2.05, 4.69) is 27.1 Å². The van der Waals surface area contributed by atoms with Crippen LogP contribution in [0.4, 0.5) is 0 Å². The van der Waals surface area contributed by atoms with Crippen LogP contribution in [0.25, 0.3) is 0 Å². The molecule has 1 atom stereocenters. The fourth-order valence-corrected chi connectivity index (χ4v) is 4.22. The van der Waals surface area contributed by atoms with Crippen LogP contribution >= 0.6 is 0 Å². The van der Waals surface area contributed by atoms with Gasteiger partial charge in [0, 0.05) is 50.4 Å². The molecule has 0 bridgehead atoms. The second-order valence-electron chi connectivity index (χ2n) is 8.27. The molecule has 2 aliphatic rings. The third-order valence-corrected chi connectivity index (χ3v) is 6.14. The van der Waals surface area contributed by atoms with Crippen LogP contribution < -0.4 is 10.6 Å². The van der Waals surface area contributed by atoms with Crippen molar-refractivity contribution >= 4 is 18.3 Å². The first kappa shape index (κ1) is 25.8. The molecule has 0 aromatic carbocycles. The highest BCUT2D eigenvalue weighted by Crippen LogP contribution is 2.24. The molecule has 1 saturated heterocycles. The number of carbonyl (C=O) groups is 3. The van der Waals surface area contributed by atoms with Crippen molar-refractivity contribution in [2.24, 2.45) is 5.92 Å². The second kappa shape index (κ2) is 13.8. The smallest absolute Gasteiger partial charge is 0.290 e. The summed E-state index contributed by atoms with van der Waals surface area (Å²) < 4.78 is 7.58. The molecule has 1 aliphatic heterocycles. The second-order valence-corrected chi connectivity index (χ2v) is 8.27. The highest BCUT2D eigenvalue weighted by Gasteiger charge is 2.31. The molecule has 2 heterocycles. The number of ether oxygens (including phenoxy) is 1. The van der Waals surface area contributed by atoms with Crippen LogP contribution in [-0.2, 0) is 32.1 Å². The summed E-state index contributed by atoms with van der Waals surface area (Å²) in [6, 6.07) is -0.0379. The number of carboxylic acid groups (broad SMARTS) is 1. The lowest BCUT2D eigenvalue weighted by molar-refractivity contribution is -0.132. The maximum atomic E-state index is 12.5. The van der Waals surface area contributed by atoms with Crippen LogP contribution in [0.3, 0.4) is 0 Å². The Morgan fingerprint density at radius 2 is 2.00 bits per heavy atom. The number of hydrogen-bond acceptors (Lipinski definition) is 6. The van der Waals surface area contributed by atoms with E-state index >= 15 is 0 Å². The SMILES string of the molecule is CCc1nccn1CCCNC(=O)C1CCC(NC(=O)[C@@H]2COCCN2C)CC1.O=CO. The van der Waals surface area contributed by atoms with Gasteiger partial charge < -0.3 is 25.0 Å². The number of carbonyl (C=O) groups excluding carboxylic acids is 2. The van der Waals surface area contributed by atoms with E-state index in [4.69, 9.17) is 14.6 Å². The zero-order chi connectivity index (χ0) is 23.3. The van der Waals surface area contributed by atoms with Crippen molar-refractivity contribution in [3.05, 3.63) is 18.2 Å². The van der Waals surface area contributed by atoms with E-state index in [0.717, 1.165) is 57.4 Å². The van der Waals surface area contributed by atoms with Gasteiger partial charge in [0.05, 0.1) is 13.2 Å². The number of likely N-dealkylation sites (N-methyl/N-ethyl adjacent to an activating group) is 1. The van der Waals surface area contributed by atoms with E-state index in [1.165, 1.54) is 0 Å². The van der Waals surface area contributed by atoms with Gasteiger partial charge in [0.15, 0.2) is 0 Å². The van der Waals surface area contributed by atoms with Crippen molar-refractivity contribution in [2.75, 3.05) is 33.4 Å². The first-order chi connectivity index (χ1) is 15.5. The Labute approximate surface area is 189 Å². The molecule has 10 nitrogen and oxygen atoms in total. The summed E-state index contributed by atoms with van der Waals surface area (Å²) in [7, 11) is 1.96. The third-order valence-electron chi connectivity index (χ3n) is 6.14. The molecule has 2 amide bonds. The Morgan fingerprint density at radius 1 is 1.28 bits per heavy atom. The quantitative estimate of drug-likeness (QED) is 0.391. The minimum Gasteiger partial charge on any atom is -0.483 e. The number of aromatic nitrogens is 2. The number of hydrogen-bond donors (Lipinski definition) is 3. The van der Waals surface area contributed by atoms with Crippen molar-refractivity contribution in [3.63, 3.8) is 0 Å². The van der Waals surface area contributed by atoms with Crippen molar-refractivity contribution in [1.82, 2.24) is 25.1 Å². The zero-order valence-electron chi connectivity index (χ0n) is 19.2. The van der Waals surface area contributed by atoms with Gasteiger partial charge in [-0.3, -0.25) is 19.3 Å². The third kappa shape index (κ3) is 7.90.